The molecule has 0 radical (unpaired) electrons. The van der Waals surface area contributed by atoms with Crippen LogP contribution in [0.5, 0.6) is 0 Å². The Morgan fingerprint density at radius 2 is 2.50 bits per heavy atom. The lowest BCUT2D eigenvalue weighted by Crippen LogP contribution is -2.34. The summed E-state index contributed by atoms with van der Waals surface area (Å²) in [6.07, 6.45) is 0.345. The Bertz CT molecular complexity index is 151. The molecule has 1 aliphatic carbocycles. The molecule has 3 heteroatoms. The van der Waals surface area contributed by atoms with Crippen LogP contribution in [0.2, 0.25) is 0 Å². The Labute approximate surface area is 47.0 Å². The molecule has 0 aromatic rings. The second-order valence-electron chi connectivity index (χ2n) is 1.96. The van der Waals surface area contributed by atoms with Crippen LogP contribution in [0.1, 0.15) is 13.3 Å². The average Bonchev–Trinajstić information content (AvgIpc) is 1.81. The first-order valence-corrected chi connectivity index (χ1v) is 2.49. The summed E-state index contributed by atoms with van der Waals surface area (Å²) in [7, 11) is 0. The van der Waals surface area contributed by atoms with Gasteiger partial charge in [0.05, 0.1) is 11.6 Å². The summed E-state index contributed by atoms with van der Waals surface area (Å²) in [5.41, 5.74) is 0.606. The second-order valence-corrected chi connectivity index (χ2v) is 1.96. The topological polar surface area (TPSA) is 49.7 Å². The highest BCUT2D eigenvalue weighted by Gasteiger charge is 2.31. The maximum Gasteiger partial charge on any atom is 0.147 e. The monoisotopic (exact) mass is 113 g/mol. The summed E-state index contributed by atoms with van der Waals surface area (Å²) in [4.78, 5) is 10.4. The van der Waals surface area contributed by atoms with Gasteiger partial charge in [0.2, 0.25) is 0 Å². The Balaban J connectivity index is 2.60. The first kappa shape index (κ1) is 5.28. The molecule has 1 saturated carbocycles. The number of rotatable bonds is 0. The second kappa shape index (κ2) is 1.58. The van der Waals surface area contributed by atoms with Crippen molar-refractivity contribution in [3.63, 3.8) is 0 Å². The minimum absolute atomic E-state index is 0.125. The maximum atomic E-state index is 10.4. The van der Waals surface area contributed by atoms with Crippen LogP contribution in [0.4, 0.5) is 0 Å². The molecule has 0 aliphatic heterocycles. The van der Waals surface area contributed by atoms with E-state index in [1.807, 2.05) is 0 Å². The van der Waals surface area contributed by atoms with Gasteiger partial charge in [-0.05, 0) is 0 Å². The van der Waals surface area contributed by atoms with Crippen LogP contribution in [-0.2, 0) is 4.79 Å². The van der Waals surface area contributed by atoms with Gasteiger partial charge in [0.25, 0.3) is 0 Å². The van der Waals surface area contributed by atoms with Crippen molar-refractivity contribution in [2.45, 2.75) is 13.3 Å². The number of oxime groups is 1. The van der Waals surface area contributed by atoms with Gasteiger partial charge >= 0.3 is 0 Å². The zero-order valence-electron chi connectivity index (χ0n) is 4.59. The largest absolute Gasteiger partial charge is 0.411 e. The zero-order valence-corrected chi connectivity index (χ0v) is 4.59. The molecular weight excluding hydrogens is 106 g/mol. The first-order valence-electron chi connectivity index (χ1n) is 2.49. The van der Waals surface area contributed by atoms with Crippen LogP contribution < -0.4 is 0 Å². The van der Waals surface area contributed by atoms with Gasteiger partial charge < -0.3 is 5.21 Å². The number of hydrogen-bond acceptors (Lipinski definition) is 3. The van der Waals surface area contributed by atoms with Crippen LogP contribution >= 0.6 is 0 Å². The average molecular weight is 113 g/mol. The molecule has 0 spiro atoms. The van der Waals surface area contributed by atoms with E-state index >= 15 is 0 Å². The molecule has 1 atom stereocenters. The third-order valence-corrected chi connectivity index (χ3v) is 1.47. The smallest absolute Gasteiger partial charge is 0.147 e. The summed E-state index contributed by atoms with van der Waals surface area (Å²) in [6.45, 7) is 1.74. The molecule has 1 rings (SSSR count). The maximum absolute atomic E-state index is 10.4. The van der Waals surface area contributed by atoms with E-state index in [1.165, 1.54) is 0 Å². The van der Waals surface area contributed by atoms with Gasteiger partial charge in [-0.1, -0.05) is 12.1 Å². The van der Waals surface area contributed by atoms with Crippen molar-refractivity contribution in [2.24, 2.45) is 11.1 Å². The lowest BCUT2D eigenvalue weighted by molar-refractivity contribution is -0.121. The Kier molecular flexibility index (Phi) is 1.04. The number of Topliss-reactive ketones (excluding diaryl/α,β-unsaturated/α-hetero) is 1. The van der Waals surface area contributed by atoms with Crippen LogP contribution in [-0.4, -0.2) is 16.7 Å². The fourth-order valence-electron chi connectivity index (χ4n) is 0.661. The molecule has 1 N–H and O–H groups in total. The highest BCUT2D eigenvalue weighted by molar-refractivity contribution is 6.22. The van der Waals surface area contributed by atoms with E-state index < -0.39 is 0 Å². The standard InChI is InChI=1S/C5H7NO2/c1-3-4(6-8)2-5(3)7/h3,8H,2H2,1H3. The molecule has 1 aliphatic rings. The highest BCUT2D eigenvalue weighted by Crippen LogP contribution is 2.17. The van der Waals surface area contributed by atoms with Crippen molar-refractivity contribution in [2.75, 3.05) is 0 Å². The zero-order chi connectivity index (χ0) is 6.15. The molecule has 0 heterocycles. The van der Waals surface area contributed by atoms with Crippen molar-refractivity contribution >= 4 is 11.5 Å². The Morgan fingerprint density at radius 3 is 2.62 bits per heavy atom. The van der Waals surface area contributed by atoms with E-state index in [1.54, 1.807) is 6.92 Å². The molecular formula is C5H7NO2. The van der Waals surface area contributed by atoms with Crippen LogP contribution in [0.3, 0.4) is 0 Å². The van der Waals surface area contributed by atoms with Crippen molar-refractivity contribution in [1.29, 1.82) is 0 Å². The molecule has 1 unspecified atom stereocenters. The van der Waals surface area contributed by atoms with E-state index in [2.05, 4.69) is 5.16 Å². The summed E-state index contributed by atoms with van der Waals surface area (Å²) in [6, 6.07) is 0. The molecule has 0 saturated heterocycles. The van der Waals surface area contributed by atoms with Crippen molar-refractivity contribution in [3.8, 4) is 0 Å². The number of carbonyl (C=O) groups excluding carboxylic acids is 1. The Hall–Kier alpha value is -0.860. The lowest BCUT2D eigenvalue weighted by atomic mass is 9.83. The van der Waals surface area contributed by atoms with Crippen molar-refractivity contribution in [3.05, 3.63) is 0 Å². The summed E-state index contributed by atoms with van der Waals surface area (Å²) >= 11 is 0. The van der Waals surface area contributed by atoms with Gasteiger partial charge in [-0.3, -0.25) is 4.79 Å². The normalized spacial score (nSPS) is 32.9. The van der Waals surface area contributed by atoms with E-state index in [0.29, 0.717) is 12.1 Å². The lowest BCUT2D eigenvalue weighted by Gasteiger charge is -2.19. The molecule has 0 aromatic heterocycles. The van der Waals surface area contributed by atoms with Gasteiger partial charge in [0.15, 0.2) is 0 Å². The number of ketones is 1. The van der Waals surface area contributed by atoms with E-state index in [9.17, 15) is 4.79 Å². The molecule has 0 amide bonds. The third kappa shape index (κ3) is 0.510. The third-order valence-electron chi connectivity index (χ3n) is 1.47. The predicted octanol–water partition coefficient (Wildman–Crippen LogP) is 0.426. The summed E-state index contributed by atoms with van der Waals surface area (Å²) in [5, 5.41) is 11.0. The van der Waals surface area contributed by atoms with Crippen LogP contribution in [0.25, 0.3) is 0 Å². The van der Waals surface area contributed by atoms with Gasteiger partial charge in [-0.15, -0.1) is 0 Å². The molecule has 1 fully saturated rings. The minimum atomic E-state index is -0.125. The predicted molar refractivity (Wildman–Crippen MR) is 28.0 cm³/mol. The highest BCUT2D eigenvalue weighted by atomic mass is 16.4. The Morgan fingerprint density at radius 1 is 1.88 bits per heavy atom. The summed E-state index contributed by atoms with van der Waals surface area (Å²) in [5.74, 6) is 0.0396. The molecule has 0 aromatic carbocycles. The van der Waals surface area contributed by atoms with Crippen molar-refractivity contribution < 1.29 is 10.0 Å². The molecule has 8 heavy (non-hydrogen) atoms. The fourth-order valence-corrected chi connectivity index (χ4v) is 0.661. The van der Waals surface area contributed by atoms with E-state index in [0.717, 1.165) is 0 Å². The van der Waals surface area contributed by atoms with E-state index in [4.69, 9.17) is 5.21 Å². The van der Waals surface area contributed by atoms with Gasteiger partial charge in [-0.2, -0.15) is 0 Å². The molecule has 44 valence electrons. The number of hydrogen-bond donors (Lipinski definition) is 1. The number of nitrogens with zero attached hydrogens (tertiary/aromatic N) is 1. The van der Waals surface area contributed by atoms with Crippen molar-refractivity contribution in [1.82, 2.24) is 0 Å². The minimum Gasteiger partial charge on any atom is -0.411 e. The van der Waals surface area contributed by atoms with Crippen LogP contribution in [0.15, 0.2) is 5.16 Å². The summed E-state index contributed by atoms with van der Waals surface area (Å²) < 4.78 is 0. The number of carbonyl (C=O) groups is 1. The van der Waals surface area contributed by atoms with E-state index in [-0.39, 0.29) is 11.7 Å². The van der Waals surface area contributed by atoms with Gasteiger partial charge in [0.1, 0.15) is 5.78 Å². The molecule has 0 bridgehead atoms. The quantitative estimate of drug-likeness (QED) is 0.365. The SMILES string of the molecule is CC1C(=O)CC1=NO. The first-order chi connectivity index (χ1) is 3.75. The fraction of sp³-hybridized carbons (Fsp3) is 0.600. The van der Waals surface area contributed by atoms with Gasteiger partial charge in [-0.25, -0.2) is 0 Å². The van der Waals surface area contributed by atoms with Gasteiger partial charge in [0, 0.05) is 6.42 Å². The van der Waals surface area contributed by atoms with Crippen LogP contribution in [0, 0.1) is 5.92 Å². The molecule has 3 nitrogen and oxygen atoms in total.